The van der Waals surface area contributed by atoms with Crippen LogP contribution in [0.1, 0.15) is 11.1 Å². The number of aryl methyl sites for hydroxylation is 1. The molecule has 21 heavy (non-hydrogen) atoms. The van der Waals surface area contributed by atoms with E-state index in [9.17, 15) is 4.79 Å². The Labute approximate surface area is 128 Å². The van der Waals surface area contributed by atoms with Crippen molar-refractivity contribution in [3.63, 3.8) is 0 Å². The molecule has 0 fully saturated rings. The molecule has 1 unspecified atom stereocenters. The smallest absolute Gasteiger partial charge is 0.348 e. The highest BCUT2D eigenvalue weighted by atomic mass is 35.5. The van der Waals surface area contributed by atoms with Gasteiger partial charge in [0.25, 0.3) is 0 Å². The third kappa shape index (κ3) is 5.00. The van der Waals surface area contributed by atoms with Crippen LogP contribution in [0.2, 0.25) is 0 Å². The van der Waals surface area contributed by atoms with Crippen molar-refractivity contribution < 1.29 is 9.53 Å². The Kier molecular flexibility index (Phi) is 5.46. The number of hydrogen-bond acceptors (Lipinski definition) is 4. The number of ether oxygens (including phenoxy) is 1. The van der Waals surface area contributed by atoms with E-state index in [0.717, 1.165) is 11.1 Å². The van der Waals surface area contributed by atoms with Crippen LogP contribution in [-0.2, 0) is 16.1 Å². The van der Waals surface area contributed by atoms with Crippen molar-refractivity contribution in [2.45, 2.75) is 19.0 Å². The second-order valence-corrected chi connectivity index (χ2v) is 4.89. The summed E-state index contributed by atoms with van der Waals surface area (Å²) >= 11 is 5.84. The lowest BCUT2D eigenvalue weighted by Gasteiger charge is -2.05. The molecule has 5 heteroatoms. The van der Waals surface area contributed by atoms with Gasteiger partial charge in [-0.2, -0.15) is 10.2 Å². The highest BCUT2D eigenvalue weighted by molar-refractivity contribution is 6.29. The lowest BCUT2D eigenvalue weighted by Crippen LogP contribution is -2.15. The minimum atomic E-state index is -1.14. The summed E-state index contributed by atoms with van der Waals surface area (Å²) < 4.78 is 5.07. The van der Waals surface area contributed by atoms with Gasteiger partial charge in [-0.1, -0.05) is 59.6 Å². The van der Waals surface area contributed by atoms with E-state index < -0.39 is 11.5 Å². The number of esters is 1. The van der Waals surface area contributed by atoms with Gasteiger partial charge in [0, 0.05) is 0 Å². The molecule has 0 amide bonds. The van der Waals surface area contributed by atoms with Crippen molar-refractivity contribution in [1.82, 2.24) is 0 Å². The highest BCUT2D eigenvalue weighted by Gasteiger charge is 2.15. The SMILES string of the molecule is Cc1ccc(N=NC(Cl)C(=O)OCc2ccccc2)cc1. The van der Waals surface area contributed by atoms with E-state index in [0.29, 0.717) is 5.69 Å². The number of benzene rings is 2. The average molecular weight is 303 g/mol. The lowest BCUT2D eigenvalue weighted by atomic mass is 10.2. The van der Waals surface area contributed by atoms with Crippen LogP contribution in [0.15, 0.2) is 64.8 Å². The Morgan fingerprint density at radius 2 is 1.81 bits per heavy atom. The third-order valence-corrected chi connectivity index (χ3v) is 2.99. The summed E-state index contributed by atoms with van der Waals surface area (Å²) in [5.41, 5.74) is 1.51. The average Bonchev–Trinajstić information content (AvgIpc) is 2.52. The maximum Gasteiger partial charge on any atom is 0.348 e. The van der Waals surface area contributed by atoms with Crippen LogP contribution in [-0.4, -0.2) is 11.5 Å². The number of azo groups is 1. The van der Waals surface area contributed by atoms with E-state index in [1.54, 1.807) is 12.1 Å². The second-order valence-electron chi connectivity index (χ2n) is 4.48. The second kappa shape index (κ2) is 7.55. The molecule has 0 radical (unpaired) electrons. The van der Waals surface area contributed by atoms with Crippen molar-refractivity contribution in [1.29, 1.82) is 0 Å². The van der Waals surface area contributed by atoms with Crippen molar-refractivity contribution in [2.24, 2.45) is 10.2 Å². The molecule has 0 spiro atoms. The van der Waals surface area contributed by atoms with Crippen LogP contribution in [0.3, 0.4) is 0 Å². The number of carbonyl (C=O) groups is 1. The predicted molar refractivity (Wildman–Crippen MR) is 81.6 cm³/mol. The summed E-state index contributed by atoms with van der Waals surface area (Å²) in [5, 5.41) is 7.67. The number of halogens is 1. The fourth-order valence-corrected chi connectivity index (χ4v) is 1.68. The van der Waals surface area contributed by atoms with Gasteiger partial charge < -0.3 is 4.74 Å². The summed E-state index contributed by atoms with van der Waals surface area (Å²) in [6, 6.07) is 16.8. The summed E-state index contributed by atoms with van der Waals surface area (Å²) in [4.78, 5) is 11.7. The molecule has 0 N–H and O–H groups in total. The number of hydrogen-bond donors (Lipinski definition) is 0. The molecule has 0 heterocycles. The Balaban J connectivity index is 1.86. The van der Waals surface area contributed by atoms with E-state index in [-0.39, 0.29) is 6.61 Å². The van der Waals surface area contributed by atoms with Gasteiger partial charge >= 0.3 is 5.97 Å². The largest absolute Gasteiger partial charge is 0.458 e. The molecule has 2 aromatic rings. The standard InChI is InChI=1S/C16H15ClN2O2/c1-12-7-9-14(10-8-12)18-19-15(17)16(20)21-11-13-5-3-2-4-6-13/h2-10,15H,11H2,1H3. The molecule has 2 rings (SSSR count). The summed E-state index contributed by atoms with van der Waals surface area (Å²) in [7, 11) is 0. The number of nitrogens with zero attached hydrogens (tertiary/aromatic N) is 2. The van der Waals surface area contributed by atoms with Gasteiger partial charge in [0.2, 0.25) is 5.50 Å². The maximum absolute atomic E-state index is 11.7. The molecule has 108 valence electrons. The molecule has 4 nitrogen and oxygen atoms in total. The molecule has 0 saturated heterocycles. The lowest BCUT2D eigenvalue weighted by molar-refractivity contribution is -0.144. The molecular formula is C16H15ClN2O2. The van der Waals surface area contributed by atoms with Gasteiger partial charge in [0.15, 0.2) is 0 Å². The van der Waals surface area contributed by atoms with Crippen LogP contribution in [0.4, 0.5) is 5.69 Å². The van der Waals surface area contributed by atoms with E-state index in [4.69, 9.17) is 16.3 Å². The van der Waals surface area contributed by atoms with Gasteiger partial charge in [-0.25, -0.2) is 4.79 Å². The van der Waals surface area contributed by atoms with Crippen molar-refractivity contribution in [2.75, 3.05) is 0 Å². The first-order valence-electron chi connectivity index (χ1n) is 6.47. The van der Waals surface area contributed by atoms with Gasteiger partial charge in [0.05, 0.1) is 5.69 Å². The van der Waals surface area contributed by atoms with E-state index in [1.165, 1.54) is 0 Å². The molecule has 0 aromatic heterocycles. The monoisotopic (exact) mass is 302 g/mol. The van der Waals surface area contributed by atoms with Crippen molar-refractivity contribution in [3.05, 3.63) is 65.7 Å². The van der Waals surface area contributed by atoms with Crippen molar-refractivity contribution in [3.8, 4) is 0 Å². The van der Waals surface area contributed by atoms with E-state index in [1.807, 2.05) is 49.4 Å². The molecule has 0 aliphatic carbocycles. The number of rotatable bonds is 5. The zero-order valence-corrected chi connectivity index (χ0v) is 12.3. The van der Waals surface area contributed by atoms with Gasteiger partial charge in [0.1, 0.15) is 6.61 Å². The summed E-state index contributed by atoms with van der Waals surface area (Å²) in [5.74, 6) is -0.614. The molecule has 0 bridgehead atoms. The Bertz CT molecular complexity index is 612. The molecule has 0 saturated carbocycles. The predicted octanol–water partition coefficient (Wildman–Crippen LogP) is 4.39. The normalized spacial score (nSPS) is 12.3. The molecule has 0 aliphatic rings. The zero-order chi connectivity index (χ0) is 15.1. The molecule has 2 aromatic carbocycles. The highest BCUT2D eigenvalue weighted by Crippen LogP contribution is 2.15. The van der Waals surface area contributed by atoms with Gasteiger partial charge in [-0.15, -0.1) is 0 Å². The first-order valence-corrected chi connectivity index (χ1v) is 6.91. The van der Waals surface area contributed by atoms with Crippen LogP contribution in [0.25, 0.3) is 0 Å². The minimum Gasteiger partial charge on any atom is -0.458 e. The summed E-state index contributed by atoms with van der Waals surface area (Å²) in [6.45, 7) is 2.15. The van der Waals surface area contributed by atoms with E-state index in [2.05, 4.69) is 10.2 Å². The molecule has 0 aliphatic heterocycles. The topological polar surface area (TPSA) is 51.0 Å². The first-order chi connectivity index (χ1) is 10.1. The molecular weight excluding hydrogens is 288 g/mol. The Morgan fingerprint density at radius 3 is 2.48 bits per heavy atom. The Hall–Kier alpha value is -2.20. The fraction of sp³-hybridized carbons (Fsp3) is 0.188. The van der Waals surface area contributed by atoms with Crippen molar-refractivity contribution >= 4 is 23.3 Å². The first kappa shape index (κ1) is 15.2. The summed E-state index contributed by atoms with van der Waals surface area (Å²) in [6.07, 6.45) is 0. The van der Waals surface area contributed by atoms with Crippen LogP contribution in [0, 0.1) is 6.92 Å². The zero-order valence-electron chi connectivity index (χ0n) is 11.6. The fourth-order valence-electron chi connectivity index (χ4n) is 1.57. The maximum atomic E-state index is 11.7. The van der Waals surface area contributed by atoms with E-state index >= 15 is 0 Å². The van der Waals surface area contributed by atoms with Gasteiger partial charge in [-0.3, -0.25) is 0 Å². The van der Waals surface area contributed by atoms with Gasteiger partial charge in [-0.05, 0) is 24.6 Å². The minimum absolute atomic E-state index is 0.170. The van der Waals surface area contributed by atoms with Crippen LogP contribution in [0.5, 0.6) is 0 Å². The third-order valence-electron chi connectivity index (χ3n) is 2.73. The number of carbonyl (C=O) groups excluding carboxylic acids is 1. The molecule has 1 atom stereocenters. The Morgan fingerprint density at radius 1 is 1.14 bits per heavy atom. The van der Waals surface area contributed by atoms with Crippen LogP contribution >= 0.6 is 11.6 Å². The quantitative estimate of drug-likeness (QED) is 0.356. The number of alkyl halides is 1. The van der Waals surface area contributed by atoms with Crippen LogP contribution < -0.4 is 0 Å².